The normalized spacial score (nSPS) is 12.7. The molecule has 0 amide bonds. The molecule has 106 valence electrons. The summed E-state index contributed by atoms with van der Waals surface area (Å²) >= 11 is 0. The number of rotatable bonds is 8. The molecule has 1 aromatic rings. The minimum absolute atomic E-state index is 0.239. The van der Waals surface area contributed by atoms with Gasteiger partial charge < -0.3 is 29.4 Å². The summed E-state index contributed by atoms with van der Waals surface area (Å²) < 4.78 is 26.5. The highest BCUT2D eigenvalue weighted by Crippen LogP contribution is 2.37. The Morgan fingerprint density at radius 2 is 1.84 bits per heavy atom. The fourth-order valence-electron chi connectivity index (χ4n) is 1.71. The third-order valence-electron chi connectivity index (χ3n) is 2.69. The second-order valence-corrected chi connectivity index (χ2v) is 3.97. The first kappa shape index (κ1) is 13.9. The Morgan fingerprint density at radius 1 is 1.11 bits per heavy atom. The van der Waals surface area contributed by atoms with Gasteiger partial charge in [-0.1, -0.05) is 0 Å². The van der Waals surface area contributed by atoms with Crippen LogP contribution in [-0.2, 0) is 16.0 Å². The maximum Gasteiger partial charge on any atom is 0.231 e. The fraction of sp³-hybridized carbons (Fsp3) is 0.538. The Balaban J connectivity index is 1.85. The molecule has 0 radical (unpaired) electrons. The van der Waals surface area contributed by atoms with Crippen LogP contribution in [0.3, 0.4) is 0 Å². The Morgan fingerprint density at radius 3 is 2.58 bits per heavy atom. The molecule has 0 aromatic heterocycles. The number of fused-ring (bicyclic) bond motifs is 1. The summed E-state index contributed by atoms with van der Waals surface area (Å²) in [5, 5.41) is 0. The van der Waals surface area contributed by atoms with Crippen LogP contribution < -0.4 is 19.9 Å². The van der Waals surface area contributed by atoms with E-state index in [-0.39, 0.29) is 6.79 Å². The van der Waals surface area contributed by atoms with Gasteiger partial charge in [0.05, 0.1) is 19.8 Å². The quantitative estimate of drug-likeness (QED) is 0.707. The van der Waals surface area contributed by atoms with Crippen LogP contribution >= 0.6 is 0 Å². The number of benzene rings is 1. The van der Waals surface area contributed by atoms with E-state index < -0.39 is 0 Å². The smallest absolute Gasteiger partial charge is 0.231 e. The topological polar surface area (TPSA) is 72.2 Å². The molecule has 6 heteroatoms. The van der Waals surface area contributed by atoms with Gasteiger partial charge >= 0.3 is 0 Å². The van der Waals surface area contributed by atoms with Crippen molar-refractivity contribution in [3.8, 4) is 17.2 Å². The lowest BCUT2D eigenvalue weighted by molar-refractivity contribution is 0.0542. The lowest BCUT2D eigenvalue weighted by Gasteiger charge is -2.11. The summed E-state index contributed by atoms with van der Waals surface area (Å²) in [7, 11) is 1.64. The van der Waals surface area contributed by atoms with Gasteiger partial charge in [0.25, 0.3) is 0 Å². The molecule has 19 heavy (non-hydrogen) atoms. The Hall–Kier alpha value is -1.50. The predicted octanol–water partition coefficient (Wildman–Crippen LogP) is 0.916. The van der Waals surface area contributed by atoms with Crippen LogP contribution in [0.2, 0.25) is 0 Å². The second-order valence-electron chi connectivity index (χ2n) is 3.97. The molecule has 0 saturated heterocycles. The fourth-order valence-corrected chi connectivity index (χ4v) is 1.71. The number of hydrogen-bond acceptors (Lipinski definition) is 6. The summed E-state index contributed by atoms with van der Waals surface area (Å²) in [5.74, 6) is 2.11. The van der Waals surface area contributed by atoms with Gasteiger partial charge in [0.15, 0.2) is 11.5 Å². The van der Waals surface area contributed by atoms with Gasteiger partial charge in [-0.15, -0.1) is 0 Å². The minimum atomic E-state index is 0.239. The molecule has 0 atom stereocenters. The van der Waals surface area contributed by atoms with Crippen molar-refractivity contribution < 1.29 is 23.7 Å². The van der Waals surface area contributed by atoms with Gasteiger partial charge in [0, 0.05) is 25.3 Å². The molecule has 1 aliphatic heterocycles. The number of nitrogens with two attached hydrogens (primary N) is 1. The van der Waals surface area contributed by atoms with E-state index >= 15 is 0 Å². The van der Waals surface area contributed by atoms with Crippen molar-refractivity contribution in [3.63, 3.8) is 0 Å². The lowest BCUT2D eigenvalue weighted by Crippen LogP contribution is -2.11. The van der Waals surface area contributed by atoms with Crippen molar-refractivity contribution in [2.45, 2.75) is 6.54 Å². The summed E-state index contributed by atoms with van der Waals surface area (Å²) in [6.07, 6.45) is 0. The first-order valence-corrected chi connectivity index (χ1v) is 6.17. The zero-order valence-electron chi connectivity index (χ0n) is 11.0. The predicted molar refractivity (Wildman–Crippen MR) is 68.6 cm³/mol. The van der Waals surface area contributed by atoms with Crippen LogP contribution in [0.15, 0.2) is 12.1 Å². The van der Waals surface area contributed by atoms with E-state index in [9.17, 15) is 0 Å². The van der Waals surface area contributed by atoms with E-state index in [4.69, 9.17) is 29.4 Å². The summed E-state index contributed by atoms with van der Waals surface area (Å²) in [4.78, 5) is 0. The molecule has 0 fully saturated rings. The molecule has 2 N–H and O–H groups in total. The van der Waals surface area contributed by atoms with Crippen molar-refractivity contribution in [2.75, 3.05) is 40.3 Å². The molecule has 2 rings (SSSR count). The molecule has 1 aliphatic rings. The van der Waals surface area contributed by atoms with E-state index in [2.05, 4.69) is 0 Å². The SMILES string of the molecule is COCCOCCOc1cc2c(cc1CN)OCO2. The van der Waals surface area contributed by atoms with Crippen LogP contribution in [-0.4, -0.2) is 40.3 Å². The van der Waals surface area contributed by atoms with Gasteiger partial charge in [-0.05, 0) is 6.07 Å². The van der Waals surface area contributed by atoms with Crippen LogP contribution in [0.25, 0.3) is 0 Å². The largest absolute Gasteiger partial charge is 0.491 e. The third kappa shape index (κ3) is 3.73. The second kappa shape index (κ2) is 7.18. The zero-order valence-corrected chi connectivity index (χ0v) is 11.0. The third-order valence-corrected chi connectivity index (χ3v) is 2.69. The van der Waals surface area contributed by atoms with Crippen LogP contribution in [0.1, 0.15) is 5.56 Å². The molecule has 1 aromatic carbocycles. The first-order chi connectivity index (χ1) is 9.35. The number of methoxy groups -OCH3 is 1. The minimum Gasteiger partial charge on any atom is -0.491 e. The maximum atomic E-state index is 5.69. The van der Waals surface area contributed by atoms with Crippen molar-refractivity contribution >= 4 is 0 Å². The van der Waals surface area contributed by atoms with Gasteiger partial charge in [0.1, 0.15) is 12.4 Å². The molecule has 0 saturated carbocycles. The molecule has 6 nitrogen and oxygen atoms in total. The molecule has 0 bridgehead atoms. The molecule has 0 unspecified atom stereocenters. The Kier molecular flexibility index (Phi) is 5.26. The Labute approximate surface area is 112 Å². The molecule has 0 aliphatic carbocycles. The van der Waals surface area contributed by atoms with Crippen LogP contribution in [0, 0.1) is 0 Å². The highest BCUT2D eigenvalue weighted by molar-refractivity contribution is 5.51. The van der Waals surface area contributed by atoms with E-state index in [1.165, 1.54) is 0 Å². The lowest BCUT2D eigenvalue weighted by atomic mass is 10.2. The van der Waals surface area contributed by atoms with Crippen molar-refractivity contribution in [3.05, 3.63) is 17.7 Å². The average molecular weight is 269 g/mol. The molecular formula is C13H19NO5. The van der Waals surface area contributed by atoms with Gasteiger partial charge in [0.2, 0.25) is 6.79 Å². The zero-order chi connectivity index (χ0) is 13.5. The van der Waals surface area contributed by atoms with Gasteiger partial charge in [-0.2, -0.15) is 0 Å². The highest BCUT2D eigenvalue weighted by Gasteiger charge is 2.17. The molecular weight excluding hydrogens is 250 g/mol. The highest BCUT2D eigenvalue weighted by atomic mass is 16.7. The van der Waals surface area contributed by atoms with Gasteiger partial charge in [-0.25, -0.2) is 0 Å². The molecule has 1 heterocycles. The van der Waals surface area contributed by atoms with Crippen LogP contribution in [0.4, 0.5) is 0 Å². The van der Waals surface area contributed by atoms with Crippen molar-refractivity contribution in [1.29, 1.82) is 0 Å². The Bertz CT molecular complexity index is 410. The summed E-state index contributed by atoms with van der Waals surface area (Å²) in [6.45, 7) is 2.72. The maximum absolute atomic E-state index is 5.69. The number of ether oxygens (including phenoxy) is 5. The van der Waals surface area contributed by atoms with Crippen molar-refractivity contribution in [1.82, 2.24) is 0 Å². The van der Waals surface area contributed by atoms with Gasteiger partial charge in [-0.3, -0.25) is 0 Å². The molecule has 0 spiro atoms. The summed E-state index contributed by atoms with van der Waals surface area (Å²) in [5.41, 5.74) is 6.58. The van der Waals surface area contributed by atoms with E-state index in [0.717, 1.165) is 5.56 Å². The van der Waals surface area contributed by atoms with E-state index in [1.54, 1.807) is 13.2 Å². The summed E-state index contributed by atoms with van der Waals surface area (Å²) in [6, 6.07) is 3.66. The van der Waals surface area contributed by atoms with E-state index in [1.807, 2.05) is 6.07 Å². The average Bonchev–Trinajstić information content (AvgIpc) is 2.88. The number of hydrogen-bond donors (Lipinski definition) is 1. The van der Waals surface area contributed by atoms with Crippen molar-refractivity contribution in [2.24, 2.45) is 5.73 Å². The standard InChI is InChI=1S/C13H19NO5/c1-15-2-3-16-4-5-17-11-7-13-12(18-9-19-13)6-10(11)8-14/h6-7H,2-5,8-9,14H2,1H3. The van der Waals surface area contributed by atoms with Crippen LogP contribution in [0.5, 0.6) is 17.2 Å². The first-order valence-electron chi connectivity index (χ1n) is 6.17. The van der Waals surface area contributed by atoms with E-state index in [0.29, 0.717) is 50.2 Å². The monoisotopic (exact) mass is 269 g/mol.